The van der Waals surface area contributed by atoms with Crippen LogP contribution in [0, 0.1) is 13.8 Å². The maximum atomic E-state index is 11.9. The number of hydrogen-bond acceptors (Lipinski definition) is 6. The summed E-state index contributed by atoms with van der Waals surface area (Å²) >= 11 is 2.85. The molecule has 0 atom stereocenters. The Morgan fingerprint density at radius 3 is 2.81 bits per heavy atom. The van der Waals surface area contributed by atoms with Gasteiger partial charge in [-0.1, -0.05) is 29.2 Å². The summed E-state index contributed by atoms with van der Waals surface area (Å²) in [5.41, 5.74) is 3.21. The Morgan fingerprint density at radius 1 is 1.29 bits per heavy atom. The van der Waals surface area contributed by atoms with E-state index in [1.165, 1.54) is 34.2 Å². The average molecular weight is 322 g/mol. The number of aromatic nitrogens is 2. The largest absolute Gasteiger partial charge is 0.360 e. The van der Waals surface area contributed by atoms with Crippen LogP contribution in [0.15, 0.2) is 22.5 Å². The Morgan fingerprint density at radius 2 is 2.10 bits per heavy atom. The third-order valence-electron chi connectivity index (χ3n) is 2.85. The fourth-order valence-electron chi connectivity index (χ4n) is 1.63. The first-order valence-corrected chi connectivity index (χ1v) is 8.46. The van der Waals surface area contributed by atoms with E-state index in [4.69, 9.17) is 0 Å². The number of amides is 1. The molecule has 1 heterocycles. The summed E-state index contributed by atoms with van der Waals surface area (Å²) in [5.74, 6) is 0.289. The summed E-state index contributed by atoms with van der Waals surface area (Å²) in [6.07, 6.45) is 0. The van der Waals surface area contributed by atoms with E-state index in [0.29, 0.717) is 5.75 Å². The van der Waals surface area contributed by atoms with E-state index in [-0.39, 0.29) is 5.91 Å². The first-order valence-electron chi connectivity index (χ1n) is 6.65. The molecule has 0 bridgehead atoms. The molecule has 21 heavy (non-hydrogen) atoms. The third kappa shape index (κ3) is 4.71. The highest BCUT2D eigenvalue weighted by molar-refractivity contribution is 8.01. The van der Waals surface area contributed by atoms with E-state index in [1.807, 2.05) is 39.0 Å². The Labute approximate surface area is 132 Å². The zero-order valence-corrected chi connectivity index (χ0v) is 13.9. The lowest BCUT2D eigenvalue weighted by molar-refractivity contribution is -0.113. The van der Waals surface area contributed by atoms with Gasteiger partial charge in [0, 0.05) is 12.2 Å². The van der Waals surface area contributed by atoms with Crippen molar-refractivity contribution in [3.05, 3.63) is 29.3 Å². The Hall–Kier alpha value is -1.60. The van der Waals surface area contributed by atoms with Gasteiger partial charge in [0.05, 0.1) is 5.75 Å². The van der Waals surface area contributed by atoms with E-state index in [0.717, 1.165) is 21.7 Å². The molecule has 2 N–H and O–H groups in total. The Balaban J connectivity index is 1.85. The van der Waals surface area contributed by atoms with Crippen LogP contribution in [-0.2, 0) is 4.79 Å². The Bertz CT molecular complexity index is 627. The number of thioether (sulfide) groups is 1. The van der Waals surface area contributed by atoms with Crippen LogP contribution in [0.25, 0.3) is 0 Å². The highest BCUT2D eigenvalue weighted by Crippen LogP contribution is 2.25. The molecule has 0 saturated heterocycles. The van der Waals surface area contributed by atoms with Gasteiger partial charge in [-0.2, -0.15) is 0 Å². The Kier molecular flexibility index (Phi) is 5.58. The number of aryl methyl sites for hydroxylation is 2. The summed E-state index contributed by atoms with van der Waals surface area (Å²) in [5, 5.41) is 14.8. The lowest BCUT2D eigenvalue weighted by Gasteiger charge is -2.06. The number of nitrogens with zero attached hydrogens (tertiary/aromatic N) is 2. The fraction of sp³-hybridized carbons (Fsp3) is 0.357. The number of carbonyl (C=O) groups is 1. The molecule has 0 spiro atoms. The van der Waals surface area contributed by atoms with Crippen molar-refractivity contribution in [2.45, 2.75) is 25.1 Å². The molecule has 0 aliphatic rings. The van der Waals surface area contributed by atoms with Crippen LogP contribution in [0.1, 0.15) is 18.1 Å². The van der Waals surface area contributed by atoms with Crippen LogP contribution in [0.3, 0.4) is 0 Å². The molecule has 2 aromatic rings. The highest BCUT2D eigenvalue weighted by atomic mass is 32.2. The summed E-state index contributed by atoms with van der Waals surface area (Å²) < 4.78 is 0.793. The minimum absolute atomic E-state index is 0.0385. The first kappa shape index (κ1) is 15.8. The molecule has 7 heteroatoms. The van der Waals surface area contributed by atoms with Gasteiger partial charge in [-0.15, -0.1) is 10.2 Å². The molecular formula is C14H18N4OS2. The van der Waals surface area contributed by atoms with Crippen LogP contribution in [-0.4, -0.2) is 28.4 Å². The zero-order chi connectivity index (χ0) is 15.2. The minimum Gasteiger partial charge on any atom is -0.360 e. The second-order valence-electron chi connectivity index (χ2n) is 4.54. The normalized spacial score (nSPS) is 10.4. The van der Waals surface area contributed by atoms with Gasteiger partial charge in [0.1, 0.15) is 0 Å². The number of nitrogens with one attached hydrogen (secondary N) is 2. The molecule has 5 nitrogen and oxygen atoms in total. The van der Waals surface area contributed by atoms with Crippen LogP contribution < -0.4 is 10.6 Å². The van der Waals surface area contributed by atoms with Crippen molar-refractivity contribution < 1.29 is 4.79 Å². The smallest absolute Gasteiger partial charge is 0.234 e. The van der Waals surface area contributed by atoms with Gasteiger partial charge in [0.25, 0.3) is 0 Å². The topological polar surface area (TPSA) is 66.9 Å². The molecular weight excluding hydrogens is 304 g/mol. The van der Waals surface area contributed by atoms with Crippen molar-refractivity contribution in [3.63, 3.8) is 0 Å². The molecule has 0 unspecified atom stereocenters. The van der Waals surface area contributed by atoms with Gasteiger partial charge < -0.3 is 10.6 Å². The first-order chi connectivity index (χ1) is 10.1. The molecule has 1 aromatic heterocycles. The van der Waals surface area contributed by atoms with Crippen molar-refractivity contribution in [1.29, 1.82) is 0 Å². The van der Waals surface area contributed by atoms with Gasteiger partial charge in [0.15, 0.2) is 4.34 Å². The lowest BCUT2D eigenvalue weighted by atomic mass is 10.1. The van der Waals surface area contributed by atoms with Crippen molar-refractivity contribution >= 4 is 39.8 Å². The van der Waals surface area contributed by atoms with Gasteiger partial charge >= 0.3 is 0 Å². The van der Waals surface area contributed by atoms with E-state index in [1.54, 1.807) is 0 Å². The molecule has 0 aliphatic carbocycles. The monoisotopic (exact) mass is 322 g/mol. The fourth-order valence-corrected chi connectivity index (χ4v) is 3.25. The summed E-state index contributed by atoms with van der Waals surface area (Å²) in [6.45, 7) is 6.90. The molecule has 112 valence electrons. The molecule has 2 rings (SSSR count). The molecule has 0 aliphatic heterocycles. The predicted octanol–water partition coefficient (Wildman–Crippen LogP) is 3.32. The van der Waals surface area contributed by atoms with Gasteiger partial charge in [0.2, 0.25) is 11.0 Å². The molecule has 0 saturated carbocycles. The van der Waals surface area contributed by atoms with Gasteiger partial charge in [-0.25, -0.2) is 0 Å². The van der Waals surface area contributed by atoms with E-state index in [9.17, 15) is 4.79 Å². The number of carbonyl (C=O) groups excluding carboxylic acids is 1. The quantitative estimate of drug-likeness (QED) is 0.799. The molecule has 0 fully saturated rings. The summed E-state index contributed by atoms with van der Waals surface area (Å²) in [4.78, 5) is 11.9. The summed E-state index contributed by atoms with van der Waals surface area (Å²) in [7, 11) is 0. The van der Waals surface area contributed by atoms with Crippen molar-refractivity contribution in [3.8, 4) is 0 Å². The van der Waals surface area contributed by atoms with Crippen LogP contribution in [0.4, 0.5) is 10.8 Å². The maximum Gasteiger partial charge on any atom is 0.234 e. The standard InChI is InChI=1S/C14H18N4OS2/c1-4-15-13-17-18-14(21-13)20-8-12(19)16-11-6-5-9(2)10(3)7-11/h5-7H,4,8H2,1-3H3,(H,15,17)(H,16,19). The van der Waals surface area contributed by atoms with E-state index in [2.05, 4.69) is 20.8 Å². The number of rotatable bonds is 6. The summed E-state index contributed by atoms with van der Waals surface area (Å²) in [6, 6.07) is 5.90. The van der Waals surface area contributed by atoms with E-state index < -0.39 is 0 Å². The van der Waals surface area contributed by atoms with Crippen molar-refractivity contribution in [2.75, 3.05) is 22.9 Å². The average Bonchev–Trinajstić information content (AvgIpc) is 2.89. The second-order valence-corrected chi connectivity index (χ2v) is 6.74. The highest BCUT2D eigenvalue weighted by Gasteiger charge is 2.08. The SMILES string of the molecule is CCNc1nnc(SCC(=O)Nc2ccc(C)c(C)c2)s1. The molecule has 1 amide bonds. The number of hydrogen-bond donors (Lipinski definition) is 2. The van der Waals surface area contributed by atoms with Crippen molar-refractivity contribution in [2.24, 2.45) is 0 Å². The van der Waals surface area contributed by atoms with Gasteiger partial charge in [-0.3, -0.25) is 4.79 Å². The predicted molar refractivity (Wildman–Crippen MR) is 89.3 cm³/mol. The number of anilines is 2. The van der Waals surface area contributed by atoms with Gasteiger partial charge in [-0.05, 0) is 44.0 Å². The second kappa shape index (κ2) is 7.42. The van der Waals surface area contributed by atoms with Crippen LogP contribution >= 0.6 is 23.1 Å². The maximum absolute atomic E-state index is 11.9. The van der Waals surface area contributed by atoms with Crippen LogP contribution in [0.2, 0.25) is 0 Å². The zero-order valence-electron chi connectivity index (χ0n) is 12.3. The molecule has 1 aromatic carbocycles. The number of benzene rings is 1. The molecule has 0 radical (unpaired) electrons. The minimum atomic E-state index is -0.0385. The third-order valence-corrected chi connectivity index (χ3v) is 4.87. The lowest BCUT2D eigenvalue weighted by Crippen LogP contribution is -2.14. The van der Waals surface area contributed by atoms with E-state index >= 15 is 0 Å². The van der Waals surface area contributed by atoms with Crippen LogP contribution in [0.5, 0.6) is 0 Å². The van der Waals surface area contributed by atoms with Crippen molar-refractivity contribution in [1.82, 2.24) is 10.2 Å².